The van der Waals surface area contributed by atoms with Crippen molar-refractivity contribution >= 4 is 52.6 Å². The molecule has 5 rings (SSSR count). The van der Waals surface area contributed by atoms with E-state index in [1.54, 1.807) is 6.20 Å². The first-order valence-corrected chi connectivity index (χ1v) is 14.5. The highest BCUT2D eigenvalue weighted by Crippen LogP contribution is 2.63. The van der Waals surface area contributed by atoms with Crippen LogP contribution < -0.4 is 21.3 Å². The molecule has 16 heteroatoms. The lowest BCUT2D eigenvalue weighted by Crippen LogP contribution is -2.91. The number of aromatic amines is 1. The Balaban J connectivity index is 1.33. The highest BCUT2D eigenvalue weighted by molar-refractivity contribution is 6.11. The summed E-state index contributed by atoms with van der Waals surface area (Å²) >= 11 is 0. The first-order valence-electron chi connectivity index (χ1n) is 14.5. The molecule has 3 fully saturated rings. The summed E-state index contributed by atoms with van der Waals surface area (Å²) in [6, 6.07) is 2.43. The second-order valence-corrected chi connectivity index (χ2v) is 11.8. The van der Waals surface area contributed by atoms with Crippen LogP contribution in [0.3, 0.4) is 0 Å². The molecule has 0 unspecified atom stereocenters. The lowest BCUT2D eigenvalue weighted by Gasteiger charge is -2.71. The number of aromatic nitrogens is 1. The monoisotopic (exact) mass is 625 g/mol. The summed E-state index contributed by atoms with van der Waals surface area (Å²) in [6.07, 6.45) is 1.18. The van der Waals surface area contributed by atoms with Crippen LogP contribution in [0.15, 0.2) is 30.5 Å². The number of carbonyl (C=O) groups excluding carboxylic acids is 6. The molecule has 7 N–H and O–H groups in total. The fraction of sp³-hybridized carbons (Fsp3) is 0.483. The Morgan fingerprint density at radius 2 is 1.47 bits per heavy atom. The standard InChI is InChI=1S/C29H35N7O9/c1-28-21(35(26(44)33-24(28)42)10-7-19(38)30-9-12-37)22-29(28,2)25(43)34-27(45)36(22)11-8-20(39)32-18(23(40)41)13-15-14-31-17-6-4-3-5-16(15)17/h3-6,14,18,21-22,31,37H,7-13H2,1-2H3,(H,30,38)(H,32,39)(H,40,41)(H,33,42,44)(H,34,43,45)/t18-,21+,22-,28-,29+/m0/s1. The predicted molar refractivity (Wildman–Crippen MR) is 155 cm³/mol. The largest absolute Gasteiger partial charge is 0.480 e. The normalized spacial score (nSPS) is 26.3. The van der Waals surface area contributed by atoms with E-state index in [0.29, 0.717) is 5.56 Å². The third-order valence-electron chi connectivity index (χ3n) is 9.46. The Kier molecular flexibility index (Phi) is 8.27. The first-order chi connectivity index (χ1) is 21.3. The van der Waals surface area contributed by atoms with Crippen LogP contribution >= 0.6 is 0 Å². The second kappa shape index (κ2) is 11.8. The number of rotatable bonds is 12. The summed E-state index contributed by atoms with van der Waals surface area (Å²) in [5, 5.41) is 29.1. The molecule has 1 aliphatic carbocycles. The number of carboxylic acids is 1. The fourth-order valence-corrected chi connectivity index (χ4v) is 6.90. The van der Waals surface area contributed by atoms with Gasteiger partial charge in [-0.1, -0.05) is 18.2 Å². The summed E-state index contributed by atoms with van der Waals surface area (Å²) in [5.41, 5.74) is -1.46. The molecule has 0 radical (unpaired) electrons. The number of carboxylic acid groups (broad SMARTS) is 1. The summed E-state index contributed by atoms with van der Waals surface area (Å²) in [6.45, 7) is 2.35. The van der Waals surface area contributed by atoms with Gasteiger partial charge >= 0.3 is 18.0 Å². The number of fused-ring (bicyclic) bond motifs is 5. The van der Waals surface area contributed by atoms with Gasteiger partial charge in [-0.05, 0) is 25.5 Å². The smallest absolute Gasteiger partial charge is 0.326 e. The minimum absolute atomic E-state index is 0.00296. The van der Waals surface area contributed by atoms with Crippen LogP contribution in [0.4, 0.5) is 9.59 Å². The van der Waals surface area contributed by atoms with Crippen LogP contribution in [-0.2, 0) is 30.4 Å². The molecule has 2 aliphatic heterocycles. The van der Waals surface area contributed by atoms with Crippen molar-refractivity contribution < 1.29 is 43.8 Å². The minimum Gasteiger partial charge on any atom is -0.480 e. The van der Waals surface area contributed by atoms with E-state index in [2.05, 4.69) is 26.3 Å². The number of benzene rings is 1. The number of aliphatic hydroxyl groups is 1. The average Bonchev–Trinajstić information content (AvgIpc) is 3.41. The quantitative estimate of drug-likeness (QED) is 0.154. The van der Waals surface area contributed by atoms with E-state index in [4.69, 9.17) is 5.11 Å². The van der Waals surface area contributed by atoms with Gasteiger partial charge in [0.15, 0.2) is 0 Å². The zero-order valence-electron chi connectivity index (χ0n) is 24.7. The third-order valence-corrected chi connectivity index (χ3v) is 9.46. The number of hydrogen-bond donors (Lipinski definition) is 7. The molecule has 0 spiro atoms. The molecular weight excluding hydrogens is 590 g/mol. The van der Waals surface area contributed by atoms with Gasteiger partial charge in [0.25, 0.3) is 0 Å². The Bertz CT molecular complexity index is 1590. The van der Waals surface area contributed by atoms with Gasteiger partial charge in [0.2, 0.25) is 23.6 Å². The molecule has 5 atom stereocenters. The van der Waals surface area contributed by atoms with E-state index < -0.39 is 70.6 Å². The van der Waals surface area contributed by atoms with Gasteiger partial charge < -0.3 is 35.6 Å². The summed E-state index contributed by atoms with van der Waals surface area (Å²) in [5.74, 6) is -3.79. The number of amides is 8. The Morgan fingerprint density at radius 1 is 0.911 bits per heavy atom. The van der Waals surface area contributed by atoms with Crippen molar-refractivity contribution in [3.63, 3.8) is 0 Å². The lowest BCUT2D eigenvalue weighted by molar-refractivity contribution is -0.213. The molecule has 1 aromatic heterocycles. The molecule has 1 saturated carbocycles. The van der Waals surface area contributed by atoms with E-state index >= 15 is 0 Å². The van der Waals surface area contributed by atoms with Crippen molar-refractivity contribution in [3.05, 3.63) is 36.0 Å². The van der Waals surface area contributed by atoms with Crippen molar-refractivity contribution in [2.24, 2.45) is 10.8 Å². The molecule has 16 nitrogen and oxygen atoms in total. The number of H-pyrrole nitrogens is 1. The molecule has 45 heavy (non-hydrogen) atoms. The summed E-state index contributed by atoms with van der Waals surface area (Å²) in [7, 11) is 0. The summed E-state index contributed by atoms with van der Waals surface area (Å²) < 4.78 is 0. The fourth-order valence-electron chi connectivity index (χ4n) is 6.90. The molecule has 2 aromatic rings. The van der Waals surface area contributed by atoms with Crippen molar-refractivity contribution in [1.29, 1.82) is 0 Å². The minimum atomic E-state index is -1.50. The van der Waals surface area contributed by atoms with Crippen molar-refractivity contribution in [1.82, 2.24) is 36.1 Å². The summed E-state index contributed by atoms with van der Waals surface area (Å²) in [4.78, 5) is 95.4. The molecule has 3 heterocycles. The Labute approximate surface area is 256 Å². The average molecular weight is 626 g/mol. The van der Waals surface area contributed by atoms with Gasteiger partial charge in [0.1, 0.15) is 6.04 Å². The molecule has 3 aliphatic rings. The van der Waals surface area contributed by atoms with Crippen molar-refractivity contribution in [3.8, 4) is 0 Å². The van der Waals surface area contributed by atoms with Gasteiger partial charge in [-0.15, -0.1) is 0 Å². The number of hydrogen-bond acceptors (Lipinski definition) is 8. The van der Waals surface area contributed by atoms with Crippen LogP contribution in [0.5, 0.6) is 0 Å². The van der Waals surface area contributed by atoms with Crippen LogP contribution in [-0.4, -0.2) is 111 Å². The van der Waals surface area contributed by atoms with E-state index in [-0.39, 0.29) is 45.5 Å². The van der Waals surface area contributed by atoms with Gasteiger partial charge in [0, 0.05) is 56.0 Å². The number of aliphatic carboxylic acids is 1. The maximum absolute atomic E-state index is 13.2. The van der Waals surface area contributed by atoms with Crippen LogP contribution in [0.2, 0.25) is 0 Å². The first kappa shape index (κ1) is 31.4. The molecule has 1 aromatic carbocycles. The topological polar surface area (TPSA) is 230 Å². The highest BCUT2D eigenvalue weighted by atomic mass is 16.4. The van der Waals surface area contributed by atoms with E-state index in [1.807, 2.05) is 24.3 Å². The van der Waals surface area contributed by atoms with Crippen LogP contribution in [0.25, 0.3) is 10.9 Å². The Hall–Kier alpha value is -4.99. The molecule has 240 valence electrons. The number of aliphatic hydroxyl groups excluding tert-OH is 1. The van der Waals surface area contributed by atoms with Gasteiger partial charge in [-0.25, -0.2) is 14.4 Å². The number of carbonyl (C=O) groups is 7. The number of para-hydroxylation sites is 1. The van der Waals surface area contributed by atoms with Gasteiger partial charge in [0.05, 0.1) is 29.5 Å². The SMILES string of the molecule is C[C@]12C(=O)NC(=O)N(CCC(=O)N[C@@H](Cc3c[nH]c4ccccc34)C(=O)O)[C@H]1[C@H]1N(CCC(=O)NCCO)C(=O)NC(=O)[C@]12C. The molecule has 2 saturated heterocycles. The van der Waals surface area contributed by atoms with Gasteiger partial charge in [-0.3, -0.25) is 29.8 Å². The molecule has 8 amide bonds. The van der Waals surface area contributed by atoms with Crippen molar-refractivity contribution in [2.45, 2.75) is 51.2 Å². The highest BCUT2D eigenvalue weighted by Gasteiger charge is 2.80. The van der Waals surface area contributed by atoms with E-state index in [9.17, 15) is 38.7 Å². The second-order valence-electron chi connectivity index (χ2n) is 11.8. The number of nitrogens with zero attached hydrogens (tertiary/aromatic N) is 2. The zero-order valence-corrected chi connectivity index (χ0v) is 24.7. The van der Waals surface area contributed by atoms with E-state index in [0.717, 1.165) is 10.9 Å². The molecule has 0 bridgehead atoms. The van der Waals surface area contributed by atoms with Crippen molar-refractivity contribution in [2.75, 3.05) is 26.2 Å². The maximum Gasteiger partial charge on any atom is 0.326 e. The predicted octanol–water partition coefficient (Wildman–Crippen LogP) is -0.964. The lowest BCUT2D eigenvalue weighted by atomic mass is 9.42. The molecular formula is C29H35N7O9. The number of imide groups is 2. The number of urea groups is 2. The van der Waals surface area contributed by atoms with Gasteiger partial charge in [-0.2, -0.15) is 0 Å². The number of nitrogens with one attached hydrogen (secondary N) is 5. The van der Waals surface area contributed by atoms with Crippen LogP contribution in [0, 0.1) is 10.8 Å². The third kappa shape index (κ3) is 5.13. The van der Waals surface area contributed by atoms with E-state index in [1.165, 1.54) is 23.6 Å². The Morgan fingerprint density at radius 3 is 2.02 bits per heavy atom. The maximum atomic E-state index is 13.2. The zero-order chi connectivity index (χ0) is 32.7. The van der Waals surface area contributed by atoms with Crippen LogP contribution in [0.1, 0.15) is 32.3 Å².